The number of ether oxygens (including phenoxy) is 1. The Labute approximate surface area is 122 Å². The first kappa shape index (κ1) is 14.9. The third-order valence-electron chi connectivity index (χ3n) is 3.09. The van der Waals surface area contributed by atoms with E-state index in [2.05, 4.69) is 9.97 Å². The second-order valence-electron chi connectivity index (χ2n) is 4.43. The van der Waals surface area contributed by atoms with E-state index in [4.69, 9.17) is 16.2 Å². The van der Waals surface area contributed by atoms with Crippen LogP contribution in [0, 0.1) is 0 Å². The number of nitrogens with zero attached hydrogens (tertiary/aromatic N) is 2. The van der Waals surface area contributed by atoms with E-state index in [-0.39, 0.29) is 11.2 Å². The number of rotatable bonds is 6. The molecule has 0 saturated heterocycles. The SMILES string of the molecule is COc1ccccc1N(CCCN)c1nc[nH]c(=O)c1N. The van der Waals surface area contributed by atoms with Crippen LogP contribution in [0.4, 0.5) is 17.2 Å². The van der Waals surface area contributed by atoms with Crippen LogP contribution in [0.1, 0.15) is 6.42 Å². The predicted molar refractivity (Wildman–Crippen MR) is 82.9 cm³/mol. The highest BCUT2D eigenvalue weighted by Gasteiger charge is 2.18. The standard InChI is InChI=1S/C14H19N5O2/c1-21-11-6-3-2-5-10(11)19(8-4-7-15)13-12(16)14(20)18-9-17-13/h2-3,5-6,9H,4,7-8,15-16H2,1H3,(H,17,18,20). The van der Waals surface area contributed by atoms with Gasteiger partial charge in [-0.2, -0.15) is 0 Å². The third kappa shape index (κ3) is 3.14. The number of hydrogen-bond acceptors (Lipinski definition) is 6. The second kappa shape index (κ2) is 6.76. The molecule has 0 amide bonds. The molecule has 0 spiro atoms. The van der Waals surface area contributed by atoms with Gasteiger partial charge in [-0.15, -0.1) is 0 Å². The molecule has 2 aromatic rings. The number of nitrogens with two attached hydrogens (primary N) is 2. The summed E-state index contributed by atoms with van der Waals surface area (Å²) in [5.74, 6) is 1.08. The topological polar surface area (TPSA) is 110 Å². The van der Waals surface area contributed by atoms with Crippen molar-refractivity contribution in [3.05, 3.63) is 40.9 Å². The van der Waals surface area contributed by atoms with Crippen LogP contribution in [0.5, 0.6) is 5.75 Å². The first-order valence-corrected chi connectivity index (χ1v) is 6.62. The zero-order chi connectivity index (χ0) is 15.2. The number of para-hydroxylation sites is 2. The molecule has 0 unspecified atom stereocenters. The first-order valence-electron chi connectivity index (χ1n) is 6.62. The predicted octanol–water partition coefficient (Wildman–Crippen LogP) is 0.848. The van der Waals surface area contributed by atoms with E-state index in [1.165, 1.54) is 6.33 Å². The van der Waals surface area contributed by atoms with E-state index in [9.17, 15) is 4.79 Å². The fraction of sp³-hybridized carbons (Fsp3) is 0.286. The molecule has 0 saturated carbocycles. The number of hydrogen-bond donors (Lipinski definition) is 3. The number of nitrogens with one attached hydrogen (secondary N) is 1. The van der Waals surface area contributed by atoms with Crippen LogP contribution in [-0.4, -0.2) is 30.2 Å². The Hall–Kier alpha value is -2.54. The van der Waals surface area contributed by atoms with Crippen LogP contribution in [0.2, 0.25) is 0 Å². The van der Waals surface area contributed by atoms with Gasteiger partial charge in [0, 0.05) is 6.54 Å². The summed E-state index contributed by atoms with van der Waals surface area (Å²) in [7, 11) is 1.59. The number of anilines is 3. The molecule has 2 rings (SSSR count). The highest BCUT2D eigenvalue weighted by atomic mass is 16.5. The molecular weight excluding hydrogens is 270 g/mol. The summed E-state index contributed by atoms with van der Waals surface area (Å²) in [6.45, 7) is 1.10. The van der Waals surface area contributed by atoms with Crippen LogP contribution in [0.3, 0.4) is 0 Å². The number of H-pyrrole nitrogens is 1. The van der Waals surface area contributed by atoms with Crippen LogP contribution >= 0.6 is 0 Å². The summed E-state index contributed by atoms with van der Waals surface area (Å²) in [6, 6.07) is 7.49. The molecule has 0 aliphatic carbocycles. The molecule has 0 bridgehead atoms. The van der Waals surface area contributed by atoms with Crippen molar-refractivity contribution in [1.82, 2.24) is 9.97 Å². The first-order chi connectivity index (χ1) is 10.2. The minimum atomic E-state index is -0.368. The Kier molecular flexibility index (Phi) is 4.78. The number of methoxy groups -OCH3 is 1. The summed E-state index contributed by atoms with van der Waals surface area (Å²) in [4.78, 5) is 20.2. The van der Waals surface area contributed by atoms with Gasteiger partial charge in [-0.3, -0.25) is 4.79 Å². The molecule has 1 aromatic heterocycles. The lowest BCUT2D eigenvalue weighted by atomic mass is 10.2. The smallest absolute Gasteiger partial charge is 0.276 e. The summed E-state index contributed by atoms with van der Waals surface area (Å²) >= 11 is 0. The maximum Gasteiger partial charge on any atom is 0.276 e. The Morgan fingerprint density at radius 2 is 2.14 bits per heavy atom. The Morgan fingerprint density at radius 3 is 2.86 bits per heavy atom. The number of benzene rings is 1. The quantitative estimate of drug-likeness (QED) is 0.727. The van der Waals surface area contributed by atoms with Gasteiger partial charge in [0.25, 0.3) is 5.56 Å². The molecule has 0 radical (unpaired) electrons. The van der Waals surface area contributed by atoms with Crippen molar-refractivity contribution in [1.29, 1.82) is 0 Å². The highest BCUT2D eigenvalue weighted by Crippen LogP contribution is 2.33. The lowest BCUT2D eigenvalue weighted by molar-refractivity contribution is 0.415. The average molecular weight is 289 g/mol. The number of nitrogen functional groups attached to an aromatic ring is 1. The van der Waals surface area contributed by atoms with Gasteiger partial charge in [0.15, 0.2) is 5.82 Å². The molecule has 5 N–H and O–H groups in total. The van der Waals surface area contributed by atoms with Crippen molar-refractivity contribution in [2.24, 2.45) is 5.73 Å². The maximum absolute atomic E-state index is 11.7. The van der Waals surface area contributed by atoms with Gasteiger partial charge in [-0.05, 0) is 25.1 Å². The molecule has 7 heteroatoms. The molecule has 0 atom stereocenters. The van der Waals surface area contributed by atoms with Gasteiger partial charge in [0.05, 0.1) is 19.1 Å². The van der Waals surface area contributed by atoms with Gasteiger partial charge >= 0.3 is 0 Å². The van der Waals surface area contributed by atoms with Gasteiger partial charge in [-0.1, -0.05) is 12.1 Å². The van der Waals surface area contributed by atoms with Crippen LogP contribution in [0.25, 0.3) is 0 Å². The highest BCUT2D eigenvalue weighted by molar-refractivity contribution is 5.73. The monoisotopic (exact) mass is 289 g/mol. The van der Waals surface area contributed by atoms with E-state index in [0.29, 0.717) is 24.7 Å². The fourth-order valence-electron chi connectivity index (χ4n) is 2.06. The molecule has 0 aliphatic heterocycles. The maximum atomic E-state index is 11.7. The van der Waals surface area contributed by atoms with Gasteiger partial charge < -0.3 is 26.1 Å². The van der Waals surface area contributed by atoms with Crippen LogP contribution in [0.15, 0.2) is 35.4 Å². The zero-order valence-corrected chi connectivity index (χ0v) is 11.9. The van der Waals surface area contributed by atoms with Crippen molar-refractivity contribution in [2.45, 2.75) is 6.42 Å². The largest absolute Gasteiger partial charge is 0.495 e. The van der Waals surface area contributed by atoms with E-state index in [1.807, 2.05) is 29.2 Å². The van der Waals surface area contributed by atoms with Crippen molar-refractivity contribution in [2.75, 3.05) is 30.8 Å². The van der Waals surface area contributed by atoms with Crippen LogP contribution in [-0.2, 0) is 0 Å². The number of aromatic amines is 1. The lowest BCUT2D eigenvalue weighted by Crippen LogP contribution is -2.26. The zero-order valence-electron chi connectivity index (χ0n) is 11.9. The Morgan fingerprint density at radius 1 is 1.38 bits per heavy atom. The van der Waals surface area contributed by atoms with Crippen LogP contribution < -0.4 is 26.7 Å². The number of aromatic nitrogens is 2. The van der Waals surface area contributed by atoms with Crippen molar-refractivity contribution in [3.63, 3.8) is 0 Å². The molecular formula is C14H19N5O2. The summed E-state index contributed by atoms with van der Waals surface area (Å²) in [5, 5.41) is 0. The van der Waals surface area contributed by atoms with E-state index in [1.54, 1.807) is 7.11 Å². The molecule has 0 aliphatic rings. The Balaban J connectivity index is 2.52. The van der Waals surface area contributed by atoms with Gasteiger partial charge in [0.1, 0.15) is 11.4 Å². The normalized spacial score (nSPS) is 10.4. The minimum Gasteiger partial charge on any atom is -0.495 e. The van der Waals surface area contributed by atoms with Gasteiger partial charge in [-0.25, -0.2) is 4.98 Å². The third-order valence-corrected chi connectivity index (χ3v) is 3.09. The summed E-state index contributed by atoms with van der Waals surface area (Å²) in [5.41, 5.74) is 12.0. The second-order valence-corrected chi connectivity index (χ2v) is 4.43. The minimum absolute atomic E-state index is 0.0698. The summed E-state index contributed by atoms with van der Waals surface area (Å²) in [6.07, 6.45) is 2.06. The van der Waals surface area contributed by atoms with E-state index in [0.717, 1.165) is 12.1 Å². The molecule has 21 heavy (non-hydrogen) atoms. The average Bonchev–Trinajstić information content (AvgIpc) is 2.52. The van der Waals surface area contributed by atoms with Crippen molar-refractivity contribution >= 4 is 17.2 Å². The molecule has 0 fully saturated rings. The van der Waals surface area contributed by atoms with E-state index >= 15 is 0 Å². The van der Waals surface area contributed by atoms with Crippen molar-refractivity contribution < 1.29 is 4.74 Å². The van der Waals surface area contributed by atoms with E-state index < -0.39 is 0 Å². The molecule has 112 valence electrons. The molecule has 1 aromatic carbocycles. The summed E-state index contributed by atoms with van der Waals surface area (Å²) < 4.78 is 5.37. The lowest BCUT2D eigenvalue weighted by Gasteiger charge is -2.26. The van der Waals surface area contributed by atoms with Gasteiger partial charge in [0.2, 0.25) is 0 Å². The van der Waals surface area contributed by atoms with Crippen molar-refractivity contribution in [3.8, 4) is 5.75 Å². The molecule has 1 heterocycles. The molecule has 7 nitrogen and oxygen atoms in total. The fourth-order valence-corrected chi connectivity index (χ4v) is 2.06. The Bertz CT molecular complexity index is 656.